The Balaban J connectivity index is 2.21. The van der Waals surface area contributed by atoms with Gasteiger partial charge in [-0.05, 0) is 44.5 Å². The maximum atomic E-state index is 2.46. The minimum Gasteiger partial charge on any atom is -0.0619 e. The first-order valence-corrected chi connectivity index (χ1v) is 8.18. The summed E-state index contributed by atoms with van der Waals surface area (Å²) in [6, 6.07) is 20.3. The molecule has 3 aromatic carbocycles. The summed E-state index contributed by atoms with van der Waals surface area (Å²) < 4.78 is 0. The van der Waals surface area contributed by atoms with Crippen molar-refractivity contribution in [3.8, 4) is 11.1 Å². The lowest BCUT2D eigenvalue weighted by Gasteiger charge is -2.23. The average molecular weight is 286 g/mol. The van der Waals surface area contributed by atoms with E-state index in [9.17, 15) is 0 Å². The first-order valence-electron chi connectivity index (χ1n) is 8.18. The van der Waals surface area contributed by atoms with E-state index in [0.717, 1.165) is 0 Å². The maximum Gasteiger partial charge on any atom is 0.0159 e. The van der Waals surface area contributed by atoms with E-state index < -0.39 is 0 Å². The van der Waals surface area contributed by atoms with E-state index in [-0.39, 0.29) is 5.41 Å². The van der Waals surface area contributed by atoms with Crippen molar-refractivity contribution in [2.75, 3.05) is 0 Å². The molecule has 0 heterocycles. The normalized spacial score (nSPS) is 15.1. The molecule has 4 rings (SSSR count). The summed E-state index contributed by atoms with van der Waals surface area (Å²) in [5.74, 6) is 0.537. The summed E-state index contributed by atoms with van der Waals surface area (Å²) >= 11 is 0. The smallest absolute Gasteiger partial charge is 0.0159 e. The molecule has 0 spiro atoms. The Morgan fingerprint density at radius 3 is 2.14 bits per heavy atom. The van der Waals surface area contributed by atoms with Gasteiger partial charge in [0.1, 0.15) is 0 Å². The molecular weight excluding hydrogens is 264 g/mol. The van der Waals surface area contributed by atoms with Gasteiger partial charge in [0.05, 0.1) is 0 Å². The third-order valence-electron chi connectivity index (χ3n) is 5.24. The van der Waals surface area contributed by atoms with Crippen molar-refractivity contribution in [3.63, 3.8) is 0 Å². The van der Waals surface area contributed by atoms with E-state index >= 15 is 0 Å². The molecule has 0 nitrogen and oxygen atoms in total. The molecule has 1 aliphatic carbocycles. The van der Waals surface area contributed by atoms with Gasteiger partial charge in [-0.2, -0.15) is 0 Å². The van der Waals surface area contributed by atoms with Crippen LogP contribution in [0.3, 0.4) is 0 Å². The van der Waals surface area contributed by atoms with Gasteiger partial charge in [-0.3, -0.25) is 0 Å². The van der Waals surface area contributed by atoms with Gasteiger partial charge < -0.3 is 0 Å². The monoisotopic (exact) mass is 286 g/mol. The summed E-state index contributed by atoms with van der Waals surface area (Å²) in [5.41, 5.74) is 7.34. The molecule has 0 saturated carbocycles. The van der Waals surface area contributed by atoms with E-state index in [0.29, 0.717) is 5.92 Å². The highest BCUT2D eigenvalue weighted by Gasteiger charge is 2.36. The first-order chi connectivity index (χ1) is 10.5. The molecule has 0 unspecified atom stereocenters. The molecule has 0 amide bonds. The lowest BCUT2D eigenvalue weighted by molar-refractivity contribution is 0.658. The van der Waals surface area contributed by atoms with E-state index in [1.54, 1.807) is 0 Å². The van der Waals surface area contributed by atoms with E-state index in [1.165, 1.54) is 38.6 Å². The molecule has 0 aromatic heterocycles. The van der Waals surface area contributed by atoms with Crippen LogP contribution in [-0.4, -0.2) is 0 Å². The fourth-order valence-electron chi connectivity index (χ4n) is 4.06. The molecule has 0 heteroatoms. The predicted octanol–water partition coefficient (Wildman–Crippen LogP) is 6.27. The summed E-state index contributed by atoms with van der Waals surface area (Å²) in [6.07, 6.45) is 0. The minimum absolute atomic E-state index is 0.0829. The molecule has 0 N–H and O–H groups in total. The van der Waals surface area contributed by atoms with Gasteiger partial charge >= 0.3 is 0 Å². The van der Waals surface area contributed by atoms with E-state index in [2.05, 4.69) is 82.3 Å². The van der Waals surface area contributed by atoms with Crippen LogP contribution in [0.4, 0.5) is 0 Å². The Bertz CT molecular complexity index is 882. The molecule has 0 aliphatic heterocycles. The van der Waals surface area contributed by atoms with Crippen LogP contribution in [0.25, 0.3) is 21.9 Å². The number of fused-ring (bicyclic) bond motifs is 5. The summed E-state index contributed by atoms with van der Waals surface area (Å²) in [7, 11) is 0. The summed E-state index contributed by atoms with van der Waals surface area (Å²) in [5, 5.41) is 2.81. The Kier molecular flexibility index (Phi) is 2.75. The van der Waals surface area contributed by atoms with Crippen LogP contribution < -0.4 is 0 Å². The third kappa shape index (κ3) is 1.64. The Hall–Kier alpha value is -2.08. The molecule has 3 aromatic rings. The van der Waals surface area contributed by atoms with Gasteiger partial charge in [0.2, 0.25) is 0 Å². The van der Waals surface area contributed by atoms with Gasteiger partial charge in [-0.15, -0.1) is 0 Å². The van der Waals surface area contributed by atoms with Crippen LogP contribution in [0.1, 0.15) is 50.3 Å². The molecule has 0 radical (unpaired) electrons. The highest BCUT2D eigenvalue weighted by molar-refractivity contribution is 6.04. The Labute approximate surface area is 132 Å². The van der Waals surface area contributed by atoms with Crippen molar-refractivity contribution in [3.05, 3.63) is 71.3 Å². The zero-order valence-corrected chi connectivity index (χ0v) is 13.8. The molecule has 0 saturated heterocycles. The van der Waals surface area contributed by atoms with Crippen LogP contribution in [-0.2, 0) is 5.41 Å². The van der Waals surface area contributed by atoms with Gasteiger partial charge in [0, 0.05) is 5.41 Å². The lowest BCUT2D eigenvalue weighted by Crippen LogP contribution is -2.15. The molecule has 110 valence electrons. The SMILES string of the molecule is CC(C)c1cc2c(c3ccccc13)-c1ccccc1C2(C)C. The van der Waals surface area contributed by atoms with Gasteiger partial charge in [-0.25, -0.2) is 0 Å². The molecule has 0 atom stereocenters. The highest BCUT2D eigenvalue weighted by Crippen LogP contribution is 2.52. The quantitative estimate of drug-likeness (QED) is 0.494. The molecular formula is C22H22. The number of rotatable bonds is 1. The fourth-order valence-corrected chi connectivity index (χ4v) is 4.06. The topological polar surface area (TPSA) is 0 Å². The summed E-state index contributed by atoms with van der Waals surface area (Å²) in [4.78, 5) is 0. The Morgan fingerprint density at radius 2 is 1.41 bits per heavy atom. The largest absolute Gasteiger partial charge is 0.0619 e. The van der Waals surface area contributed by atoms with Crippen molar-refractivity contribution in [2.24, 2.45) is 0 Å². The molecule has 22 heavy (non-hydrogen) atoms. The second-order valence-corrected chi connectivity index (χ2v) is 7.26. The fraction of sp³-hybridized carbons (Fsp3) is 0.273. The maximum absolute atomic E-state index is 2.46. The van der Waals surface area contributed by atoms with Gasteiger partial charge in [0.25, 0.3) is 0 Å². The van der Waals surface area contributed by atoms with Crippen LogP contribution >= 0.6 is 0 Å². The van der Waals surface area contributed by atoms with E-state index in [4.69, 9.17) is 0 Å². The van der Waals surface area contributed by atoms with Crippen LogP contribution in [0.5, 0.6) is 0 Å². The Morgan fingerprint density at radius 1 is 0.773 bits per heavy atom. The van der Waals surface area contributed by atoms with Crippen molar-refractivity contribution in [1.82, 2.24) is 0 Å². The number of hydrogen-bond donors (Lipinski definition) is 0. The second-order valence-electron chi connectivity index (χ2n) is 7.26. The second kappa shape index (κ2) is 4.46. The zero-order chi connectivity index (χ0) is 15.5. The van der Waals surface area contributed by atoms with Gasteiger partial charge in [-0.1, -0.05) is 82.3 Å². The number of hydrogen-bond acceptors (Lipinski definition) is 0. The average Bonchev–Trinajstić information content (AvgIpc) is 2.75. The minimum atomic E-state index is 0.0829. The summed E-state index contributed by atoms with van der Waals surface area (Å²) in [6.45, 7) is 9.31. The zero-order valence-electron chi connectivity index (χ0n) is 13.8. The van der Waals surface area contributed by atoms with Crippen LogP contribution in [0.2, 0.25) is 0 Å². The van der Waals surface area contributed by atoms with Crippen molar-refractivity contribution in [2.45, 2.75) is 39.0 Å². The standard InChI is InChI=1S/C22H22/c1-14(2)18-13-20-21(16-10-6-5-9-15(16)18)17-11-7-8-12-19(17)22(20,3)4/h5-14H,1-4H3. The predicted molar refractivity (Wildman–Crippen MR) is 95.6 cm³/mol. The molecule has 1 aliphatic rings. The first kappa shape index (κ1) is 13.6. The van der Waals surface area contributed by atoms with Crippen molar-refractivity contribution >= 4 is 10.8 Å². The van der Waals surface area contributed by atoms with E-state index in [1.807, 2.05) is 0 Å². The van der Waals surface area contributed by atoms with Crippen LogP contribution in [0.15, 0.2) is 54.6 Å². The van der Waals surface area contributed by atoms with Crippen molar-refractivity contribution < 1.29 is 0 Å². The number of benzene rings is 3. The van der Waals surface area contributed by atoms with Gasteiger partial charge in [0.15, 0.2) is 0 Å². The molecule has 0 fully saturated rings. The lowest BCUT2D eigenvalue weighted by atomic mass is 9.80. The third-order valence-corrected chi connectivity index (χ3v) is 5.24. The van der Waals surface area contributed by atoms with Crippen molar-refractivity contribution in [1.29, 1.82) is 0 Å². The molecule has 0 bridgehead atoms. The highest BCUT2D eigenvalue weighted by atomic mass is 14.4. The van der Waals surface area contributed by atoms with Crippen LogP contribution in [0, 0.1) is 0 Å².